The lowest BCUT2D eigenvalue weighted by Gasteiger charge is -2.09. The van der Waals surface area contributed by atoms with E-state index in [0.29, 0.717) is 30.8 Å². The Hall–Kier alpha value is -2.47. The SMILES string of the molecule is NC(=NO)c1ncccc1CNCCc1ccccc1F. The summed E-state index contributed by atoms with van der Waals surface area (Å²) in [6.45, 7) is 1.12. The van der Waals surface area contributed by atoms with Crippen molar-refractivity contribution >= 4 is 5.84 Å². The number of nitrogens with zero attached hydrogens (tertiary/aromatic N) is 2. The molecule has 0 fully saturated rings. The van der Waals surface area contributed by atoms with Crippen LogP contribution in [0.25, 0.3) is 0 Å². The van der Waals surface area contributed by atoms with Gasteiger partial charge in [-0.2, -0.15) is 0 Å². The number of benzene rings is 1. The van der Waals surface area contributed by atoms with Gasteiger partial charge in [0, 0.05) is 12.7 Å². The van der Waals surface area contributed by atoms with Crippen LogP contribution in [-0.4, -0.2) is 22.6 Å². The molecular formula is C15H17FN4O. The third-order valence-corrected chi connectivity index (χ3v) is 3.09. The predicted molar refractivity (Wildman–Crippen MR) is 78.6 cm³/mol. The first-order valence-electron chi connectivity index (χ1n) is 6.58. The van der Waals surface area contributed by atoms with Gasteiger partial charge in [0.15, 0.2) is 5.84 Å². The topological polar surface area (TPSA) is 83.5 Å². The van der Waals surface area contributed by atoms with Gasteiger partial charge in [-0.3, -0.25) is 4.98 Å². The summed E-state index contributed by atoms with van der Waals surface area (Å²) in [5.74, 6) is -0.223. The van der Waals surface area contributed by atoms with Gasteiger partial charge in [0.25, 0.3) is 0 Å². The molecule has 0 aliphatic rings. The van der Waals surface area contributed by atoms with Crippen molar-refractivity contribution < 1.29 is 9.60 Å². The highest BCUT2D eigenvalue weighted by Gasteiger charge is 2.07. The summed E-state index contributed by atoms with van der Waals surface area (Å²) in [6.07, 6.45) is 2.17. The summed E-state index contributed by atoms with van der Waals surface area (Å²) in [7, 11) is 0. The highest BCUT2D eigenvalue weighted by molar-refractivity contribution is 5.96. The van der Waals surface area contributed by atoms with Crippen molar-refractivity contribution in [1.82, 2.24) is 10.3 Å². The van der Waals surface area contributed by atoms with Gasteiger partial charge >= 0.3 is 0 Å². The number of pyridine rings is 1. The van der Waals surface area contributed by atoms with Gasteiger partial charge in [0.1, 0.15) is 11.5 Å². The number of oxime groups is 1. The molecule has 0 bridgehead atoms. The Labute approximate surface area is 122 Å². The van der Waals surface area contributed by atoms with Crippen molar-refractivity contribution in [2.45, 2.75) is 13.0 Å². The zero-order chi connectivity index (χ0) is 15.1. The zero-order valence-corrected chi connectivity index (χ0v) is 11.5. The van der Waals surface area contributed by atoms with E-state index in [4.69, 9.17) is 10.9 Å². The normalized spacial score (nSPS) is 11.6. The van der Waals surface area contributed by atoms with E-state index in [1.807, 2.05) is 12.1 Å². The number of aromatic nitrogens is 1. The van der Waals surface area contributed by atoms with Gasteiger partial charge in [0.2, 0.25) is 0 Å². The quantitative estimate of drug-likeness (QED) is 0.248. The van der Waals surface area contributed by atoms with Crippen LogP contribution in [0.1, 0.15) is 16.8 Å². The minimum absolute atomic E-state index is 0.0264. The molecule has 0 spiro atoms. The molecule has 0 amide bonds. The number of amidine groups is 1. The molecule has 0 saturated heterocycles. The summed E-state index contributed by atoms with van der Waals surface area (Å²) in [6, 6.07) is 10.3. The molecule has 6 heteroatoms. The average molecular weight is 288 g/mol. The molecule has 4 N–H and O–H groups in total. The molecule has 2 rings (SSSR count). The molecular weight excluding hydrogens is 271 g/mol. The summed E-state index contributed by atoms with van der Waals surface area (Å²) < 4.78 is 13.5. The van der Waals surface area contributed by atoms with Gasteiger partial charge in [-0.25, -0.2) is 4.39 Å². The fourth-order valence-corrected chi connectivity index (χ4v) is 2.01. The van der Waals surface area contributed by atoms with Crippen LogP contribution in [0.4, 0.5) is 4.39 Å². The molecule has 0 saturated carbocycles. The molecule has 110 valence electrons. The van der Waals surface area contributed by atoms with E-state index in [2.05, 4.69) is 15.5 Å². The Morgan fingerprint density at radius 2 is 2.00 bits per heavy atom. The van der Waals surface area contributed by atoms with Gasteiger partial charge in [-0.1, -0.05) is 29.4 Å². The molecule has 0 unspecified atom stereocenters. The van der Waals surface area contributed by atoms with Crippen LogP contribution in [0.3, 0.4) is 0 Å². The second kappa shape index (κ2) is 7.35. The standard InChI is InChI=1S/C15H17FN4O/c16-13-6-2-1-4-11(13)7-9-18-10-12-5-3-8-19-14(12)15(17)20-21/h1-6,8,18,21H,7,9-10H2,(H2,17,20). The van der Waals surface area contributed by atoms with E-state index < -0.39 is 0 Å². The number of halogens is 1. The van der Waals surface area contributed by atoms with Crippen LogP contribution in [0.2, 0.25) is 0 Å². The number of rotatable bonds is 6. The van der Waals surface area contributed by atoms with Gasteiger partial charge in [-0.15, -0.1) is 0 Å². The van der Waals surface area contributed by atoms with Crippen LogP contribution in [0.5, 0.6) is 0 Å². The molecule has 1 aromatic carbocycles. The van der Waals surface area contributed by atoms with Gasteiger partial charge < -0.3 is 16.3 Å². The average Bonchev–Trinajstić information content (AvgIpc) is 2.52. The van der Waals surface area contributed by atoms with Crippen molar-refractivity contribution in [2.75, 3.05) is 6.54 Å². The smallest absolute Gasteiger partial charge is 0.189 e. The van der Waals surface area contributed by atoms with Gasteiger partial charge in [0.05, 0.1) is 0 Å². The van der Waals surface area contributed by atoms with E-state index in [-0.39, 0.29) is 11.7 Å². The fourth-order valence-electron chi connectivity index (χ4n) is 2.01. The molecule has 21 heavy (non-hydrogen) atoms. The van der Waals surface area contributed by atoms with E-state index in [1.165, 1.54) is 6.07 Å². The first kappa shape index (κ1) is 14.9. The number of hydrogen-bond donors (Lipinski definition) is 3. The van der Waals surface area contributed by atoms with Crippen LogP contribution in [0.15, 0.2) is 47.8 Å². The van der Waals surface area contributed by atoms with Crippen molar-refractivity contribution in [3.63, 3.8) is 0 Å². The molecule has 0 atom stereocenters. The van der Waals surface area contributed by atoms with Crippen LogP contribution < -0.4 is 11.1 Å². The number of nitrogens with one attached hydrogen (secondary N) is 1. The second-order valence-electron chi connectivity index (χ2n) is 4.51. The number of nitrogens with two attached hydrogens (primary N) is 1. The zero-order valence-electron chi connectivity index (χ0n) is 11.5. The number of hydrogen-bond acceptors (Lipinski definition) is 4. The Morgan fingerprint density at radius 3 is 2.76 bits per heavy atom. The van der Waals surface area contributed by atoms with Crippen molar-refractivity contribution in [2.24, 2.45) is 10.9 Å². The highest BCUT2D eigenvalue weighted by atomic mass is 19.1. The van der Waals surface area contributed by atoms with Crippen molar-refractivity contribution in [1.29, 1.82) is 0 Å². The highest BCUT2D eigenvalue weighted by Crippen LogP contribution is 2.07. The maximum absolute atomic E-state index is 13.5. The lowest BCUT2D eigenvalue weighted by molar-refractivity contribution is 0.318. The van der Waals surface area contributed by atoms with Crippen molar-refractivity contribution in [3.8, 4) is 0 Å². The first-order valence-corrected chi connectivity index (χ1v) is 6.58. The molecule has 0 radical (unpaired) electrons. The molecule has 2 aromatic rings. The minimum atomic E-state index is -0.196. The van der Waals surface area contributed by atoms with Crippen LogP contribution >= 0.6 is 0 Å². The first-order chi connectivity index (χ1) is 10.2. The maximum Gasteiger partial charge on any atom is 0.189 e. The Kier molecular flexibility index (Phi) is 5.22. The molecule has 0 aliphatic heterocycles. The van der Waals surface area contributed by atoms with Crippen LogP contribution in [0, 0.1) is 5.82 Å². The Balaban J connectivity index is 1.91. The third kappa shape index (κ3) is 4.00. The predicted octanol–water partition coefficient (Wildman–Crippen LogP) is 1.65. The minimum Gasteiger partial charge on any atom is -0.409 e. The molecule has 5 nitrogen and oxygen atoms in total. The monoisotopic (exact) mass is 288 g/mol. The summed E-state index contributed by atoms with van der Waals surface area (Å²) in [4.78, 5) is 4.08. The largest absolute Gasteiger partial charge is 0.409 e. The summed E-state index contributed by atoms with van der Waals surface area (Å²) in [5.41, 5.74) is 7.51. The summed E-state index contributed by atoms with van der Waals surface area (Å²) >= 11 is 0. The van der Waals surface area contributed by atoms with E-state index in [9.17, 15) is 4.39 Å². The van der Waals surface area contributed by atoms with Crippen molar-refractivity contribution in [3.05, 3.63) is 65.2 Å². The Bertz CT molecular complexity index is 631. The van der Waals surface area contributed by atoms with E-state index >= 15 is 0 Å². The van der Waals surface area contributed by atoms with E-state index in [1.54, 1.807) is 24.4 Å². The molecule has 1 heterocycles. The molecule has 0 aliphatic carbocycles. The fraction of sp³-hybridized carbons (Fsp3) is 0.200. The van der Waals surface area contributed by atoms with Gasteiger partial charge in [-0.05, 0) is 36.2 Å². The Morgan fingerprint density at radius 1 is 1.24 bits per heavy atom. The van der Waals surface area contributed by atoms with Crippen LogP contribution in [-0.2, 0) is 13.0 Å². The van der Waals surface area contributed by atoms with E-state index in [0.717, 1.165) is 5.56 Å². The lowest BCUT2D eigenvalue weighted by Crippen LogP contribution is -2.22. The second-order valence-corrected chi connectivity index (χ2v) is 4.51. The summed E-state index contributed by atoms with van der Waals surface area (Å²) in [5, 5.41) is 14.9. The lowest BCUT2D eigenvalue weighted by atomic mass is 10.1. The maximum atomic E-state index is 13.5. The molecule has 1 aromatic heterocycles. The third-order valence-electron chi connectivity index (χ3n) is 3.09.